The molecule has 0 bridgehead atoms. The molecule has 2 atom stereocenters. The van der Waals surface area contributed by atoms with Crippen LogP contribution < -0.4 is 10.6 Å². The first-order valence-corrected chi connectivity index (χ1v) is 12.2. The first-order chi connectivity index (χ1) is 13.8. The van der Waals surface area contributed by atoms with Crippen LogP contribution in [0.25, 0.3) is 0 Å². The Morgan fingerprint density at radius 2 is 0.929 bits per heavy atom. The van der Waals surface area contributed by atoms with Gasteiger partial charge in [-0.25, -0.2) is 0 Å². The summed E-state index contributed by atoms with van der Waals surface area (Å²) in [6.45, 7) is 4.58. The van der Waals surface area contributed by atoms with Crippen LogP contribution in [0.1, 0.15) is 127 Å². The van der Waals surface area contributed by atoms with Crippen LogP contribution in [0.5, 0.6) is 0 Å². The van der Waals surface area contributed by atoms with Gasteiger partial charge in [0.25, 0.3) is 0 Å². The molecule has 1 rings (SSSR count). The van der Waals surface area contributed by atoms with E-state index in [2.05, 4.69) is 62.8 Å². The summed E-state index contributed by atoms with van der Waals surface area (Å²) in [4.78, 5) is 0. The van der Waals surface area contributed by atoms with Gasteiger partial charge in [-0.2, -0.15) is 0 Å². The van der Waals surface area contributed by atoms with Crippen molar-refractivity contribution >= 4 is 0 Å². The second kappa shape index (κ2) is 17.0. The lowest BCUT2D eigenvalue weighted by atomic mass is 9.90. The van der Waals surface area contributed by atoms with Crippen molar-refractivity contribution in [3.63, 3.8) is 0 Å². The molecule has 0 aromatic heterocycles. The molecular weight excluding hydrogens is 340 g/mol. The molecule has 2 nitrogen and oxygen atoms in total. The van der Waals surface area contributed by atoms with E-state index in [4.69, 9.17) is 0 Å². The Hall–Kier alpha value is -0.860. The van der Waals surface area contributed by atoms with Gasteiger partial charge in [-0.05, 0) is 38.1 Å². The summed E-state index contributed by atoms with van der Waals surface area (Å²) in [6, 6.07) is 10.1. The monoisotopic (exact) mass is 388 g/mol. The number of hydrogen-bond donors (Lipinski definition) is 2. The van der Waals surface area contributed by atoms with Gasteiger partial charge in [-0.3, -0.25) is 0 Å². The average molecular weight is 389 g/mol. The summed E-state index contributed by atoms with van der Waals surface area (Å²) >= 11 is 0. The van der Waals surface area contributed by atoms with Crippen molar-refractivity contribution in [2.24, 2.45) is 0 Å². The average Bonchev–Trinajstić information content (AvgIpc) is 2.73. The van der Waals surface area contributed by atoms with Gasteiger partial charge < -0.3 is 10.6 Å². The van der Waals surface area contributed by atoms with Crippen LogP contribution in [0, 0.1) is 0 Å². The number of hydrogen-bond acceptors (Lipinski definition) is 2. The first kappa shape index (κ1) is 25.2. The van der Waals surface area contributed by atoms with Crippen LogP contribution in [-0.4, -0.2) is 14.1 Å². The predicted octanol–water partition coefficient (Wildman–Crippen LogP) is 7.71. The number of unbranched alkanes of at least 4 members (excludes halogenated alkanes) is 10. The van der Waals surface area contributed by atoms with Crippen molar-refractivity contribution in [2.75, 3.05) is 14.1 Å². The highest BCUT2D eigenvalue weighted by molar-refractivity contribution is 5.32. The Morgan fingerprint density at radius 3 is 1.29 bits per heavy atom. The van der Waals surface area contributed by atoms with E-state index in [1.807, 2.05) is 0 Å². The zero-order chi connectivity index (χ0) is 20.5. The highest BCUT2D eigenvalue weighted by Gasteiger charge is 2.18. The fraction of sp³-hybridized carbons (Fsp3) is 0.769. The van der Waals surface area contributed by atoms with E-state index >= 15 is 0 Å². The van der Waals surface area contributed by atoms with Crippen LogP contribution in [0.2, 0.25) is 0 Å². The van der Waals surface area contributed by atoms with Crippen molar-refractivity contribution in [2.45, 2.75) is 116 Å². The SMILES string of the molecule is CCCCCCCCC(NC)c1ccccc1C(CCCCCCCC)NC. The Kier molecular flexibility index (Phi) is 15.3. The largest absolute Gasteiger partial charge is 0.313 e. The fourth-order valence-electron chi connectivity index (χ4n) is 4.31. The third-order valence-electron chi connectivity index (χ3n) is 6.14. The standard InChI is InChI=1S/C26H48N2/c1-5-7-9-11-13-15-21-25(27-3)23-19-17-18-20-24(23)26(28-4)22-16-14-12-10-8-6-2/h17-20,25-28H,5-16,21-22H2,1-4H3. The Labute approximate surface area is 176 Å². The van der Waals surface area contributed by atoms with Crippen LogP contribution in [0.4, 0.5) is 0 Å². The van der Waals surface area contributed by atoms with Crippen molar-refractivity contribution in [3.8, 4) is 0 Å². The van der Waals surface area contributed by atoms with Gasteiger partial charge in [0.15, 0.2) is 0 Å². The molecule has 2 N–H and O–H groups in total. The molecule has 1 aromatic carbocycles. The Bertz CT molecular complexity index is 428. The van der Waals surface area contributed by atoms with E-state index in [0.717, 1.165) is 0 Å². The van der Waals surface area contributed by atoms with E-state index in [9.17, 15) is 0 Å². The minimum absolute atomic E-state index is 0.475. The zero-order valence-corrected chi connectivity index (χ0v) is 19.4. The third-order valence-corrected chi connectivity index (χ3v) is 6.14. The first-order valence-electron chi connectivity index (χ1n) is 12.2. The van der Waals surface area contributed by atoms with Gasteiger partial charge in [-0.1, -0.05) is 115 Å². The summed E-state index contributed by atoms with van der Waals surface area (Å²) in [7, 11) is 4.25. The number of benzene rings is 1. The van der Waals surface area contributed by atoms with E-state index < -0.39 is 0 Å². The van der Waals surface area contributed by atoms with Gasteiger partial charge in [0, 0.05) is 12.1 Å². The summed E-state index contributed by atoms with van der Waals surface area (Å²) in [5, 5.41) is 7.20. The van der Waals surface area contributed by atoms with E-state index in [-0.39, 0.29) is 0 Å². The molecule has 0 aliphatic heterocycles. The molecule has 0 spiro atoms. The summed E-state index contributed by atoms with van der Waals surface area (Å²) in [5.41, 5.74) is 3.01. The molecule has 0 saturated carbocycles. The molecule has 2 heteroatoms. The molecule has 0 heterocycles. The van der Waals surface area contributed by atoms with E-state index in [1.165, 1.54) is 101 Å². The van der Waals surface area contributed by atoms with Crippen molar-refractivity contribution < 1.29 is 0 Å². The highest BCUT2D eigenvalue weighted by atomic mass is 14.9. The lowest BCUT2D eigenvalue weighted by Gasteiger charge is -2.25. The van der Waals surface area contributed by atoms with Crippen LogP contribution in [0.15, 0.2) is 24.3 Å². The Morgan fingerprint density at radius 1 is 0.571 bits per heavy atom. The van der Waals surface area contributed by atoms with Gasteiger partial charge in [0.05, 0.1) is 0 Å². The molecule has 0 aliphatic carbocycles. The molecule has 162 valence electrons. The summed E-state index contributed by atoms with van der Waals surface area (Å²) < 4.78 is 0. The van der Waals surface area contributed by atoms with Gasteiger partial charge in [0.1, 0.15) is 0 Å². The third kappa shape index (κ3) is 10.1. The fourth-order valence-corrected chi connectivity index (χ4v) is 4.31. The lowest BCUT2D eigenvalue weighted by molar-refractivity contribution is 0.469. The molecule has 2 unspecified atom stereocenters. The van der Waals surface area contributed by atoms with Crippen LogP contribution >= 0.6 is 0 Å². The smallest absolute Gasteiger partial charge is 0.0320 e. The van der Waals surface area contributed by atoms with Gasteiger partial charge in [-0.15, -0.1) is 0 Å². The summed E-state index contributed by atoms with van der Waals surface area (Å²) in [6.07, 6.45) is 18.9. The van der Waals surface area contributed by atoms with E-state index in [0.29, 0.717) is 12.1 Å². The maximum Gasteiger partial charge on any atom is 0.0320 e. The molecule has 0 fully saturated rings. The number of rotatable bonds is 18. The second-order valence-electron chi connectivity index (χ2n) is 8.42. The minimum Gasteiger partial charge on any atom is -0.313 e. The molecule has 0 aliphatic rings. The van der Waals surface area contributed by atoms with Crippen LogP contribution in [-0.2, 0) is 0 Å². The molecule has 0 saturated heterocycles. The molecular formula is C26H48N2. The Balaban J connectivity index is 2.58. The maximum absolute atomic E-state index is 3.60. The predicted molar refractivity (Wildman–Crippen MR) is 126 cm³/mol. The van der Waals surface area contributed by atoms with Crippen molar-refractivity contribution in [1.29, 1.82) is 0 Å². The van der Waals surface area contributed by atoms with Gasteiger partial charge in [0.2, 0.25) is 0 Å². The van der Waals surface area contributed by atoms with Gasteiger partial charge >= 0.3 is 0 Å². The van der Waals surface area contributed by atoms with E-state index in [1.54, 1.807) is 0 Å². The van der Waals surface area contributed by atoms with Crippen LogP contribution in [0.3, 0.4) is 0 Å². The normalized spacial score (nSPS) is 13.6. The molecule has 0 radical (unpaired) electrons. The molecule has 0 amide bonds. The quantitative estimate of drug-likeness (QED) is 0.252. The number of nitrogens with one attached hydrogen (secondary N) is 2. The zero-order valence-electron chi connectivity index (χ0n) is 19.4. The van der Waals surface area contributed by atoms with Crippen molar-refractivity contribution in [3.05, 3.63) is 35.4 Å². The minimum atomic E-state index is 0.475. The second-order valence-corrected chi connectivity index (χ2v) is 8.42. The summed E-state index contributed by atoms with van der Waals surface area (Å²) in [5.74, 6) is 0. The highest BCUT2D eigenvalue weighted by Crippen LogP contribution is 2.30. The molecule has 1 aromatic rings. The maximum atomic E-state index is 3.60. The molecule has 28 heavy (non-hydrogen) atoms. The van der Waals surface area contributed by atoms with Crippen molar-refractivity contribution in [1.82, 2.24) is 10.6 Å². The lowest BCUT2D eigenvalue weighted by Crippen LogP contribution is -2.23. The topological polar surface area (TPSA) is 24.1 Å².